The molecule has 28 heavy (non-hydrogen) atoms. The average Bonchev–Trinajstić information content (AvgIpc) is 2.70. The third kappa shape index (κ3) is 3.62. The van der Waals surface area contributed by atoms with Crippen molar-refractivity contribution in [1.82, 2.24) is 9.97 Å². The zero-order valence-corrected chi connectivity index (χ0v) is 15.1. The average molecular weight is 369 g/mol. The van der Waals surface area contributed by atoms with Crippen LogP contribution >= 0.6 is 0 Å². The number of nitrogens with zero attached hydrogens (tertiary/aromatic N) is 2. The van der Waals surface area contributed by atoms with Gasteiger partial charge in [0.1, 0.15) is 23.1 Å². The lowest BCUT2D eigenvalue weighted by atomic mass is 10.2. The van der Waals surface area contributed by atoms with E-state index in [1.54, 1.807) is 12.1 Å². The van der Waals surface area contributed by atoms with Crippen LogP contribution in [0.2, 0.25) is 0 Å². The molecule has 0 saturated carbocycles. The first-order valence-corrected chi connectivity index (χ1v) is 8.67. The number of nitrogens with one attached hydrogen (secondary N) is 1. The topological polar surface area (TPSA) is 47.0 Å². The van der Waals surface area contributed by atoms with E-state index in [9.17, 15) is 4.39 Å². The quantitative estimate of drug-likeness (QED) is 0.476. The minimum atomic E-state index is -0.339. The van der Waals surface area contributed by atoms with Crippen molar-refractivity contribution in [2.45, 2.75) is 6.92 Å². The van der Waals surface area contributed by atoms with Crippen LogP contribution in [0.5, 0.6) is 11.5 Å². The van der Waals surface area contributed by atoms with Crippen LogP contribution in [0.4, 0.5) is 15.9 Å². The number of halogens is 1. The van der Waals surface area contributed by atoms with Crippen LogP contribution in [-0.4, -0.2) is 9.97 Å². The second-order valence-corrected chi connectivity index (χ2v) is 6.22. The van der Waals surface area contributed by atoms with Gasteiger partial charge in [0.15, 0.2) is 0 Å². The van der Waals surface area contributed by atoms with Crippen LogP contribution in [0.1, 0.15) is 11.4 Å². The van der Waals surface area contributed by atoms with Crippen molar-refractivity contribution in [3.63, 3.8) is 0 Å². The van der Waals surface area contributed by atoms with Gasteiger partial charge in [-0.05, 0) is 60.9 Å². The van der Waals surface area contributed by atoms with Crippen molar-refractivity contribution >= 4 is 22.4 Å². The molecule has 0 saturated heterocycles. The molecule has 0 bridgehead atoms. The molecule has 0 amide bonds. The Bertz CT molecular complexity index is 1210. The Balaban J connectivity index is 1.64. The van der Waals surface area contributed by atoms with Crippen molar-refractivity contribution in [2.75, 3.05) is 5.32 Å². The van der Waals surface area contributed by atoms with Crippen LogP contribution in [0.15, 0.2) is 66.7 Å². The second-order valence-electron chi connectivity index (χ2n) is 6.22. The molecular weight excluding hydrogens is 353 g/mol. The Morgan fingerprint density at radius 2 is 1.86 bits per heavy atom. The van der Waals surface area contributed by atoms with Crippen molar-refractivity contribution in [2.24, 2.45) is 0 Å². The van der Waals surface area contributed by atoms with Crippen LogP contribution in [0.3, 0.4) is 0 Å². The first-order chi connectivity index (χ1) is 13.6. The van der Waals surface area contributed by atoms with Crippen LogP contribution in [0, 0.1) is 25.1 Å². The summed E-state index contributed by atoms with van der Waals surface area (Å²) in [5, 5.41) is 4.17. The van der Waals surface area contributed by atoms with Gasteiger partial charge in [-0.25, -0.2) is 14.4 Å². The van der Waals surface area contributed by atoms with Gasteiger partial charge in [0.25, 0.3) is 0 Å². The second kappa shape index (κ2) is 7.37. The molecule has 1 aromatic heterocycles. The largest absolute Gasteiger partial charge is 0.457 e. The molecule has 0 radical (unpaired) electrons. The smallest absolute Gasteiger partial charge is 0.207 e. The van der Waals surface area contributed by atoms with Crippen molar-refractivity contribution in [3.8, 4) is 23.8 Å². The number of ether oxygens (including phenoxy) is 1. The maximum absolute atomic E-state index is 13.4. The van der Waals surface area contributed by atoms with Gasteiger partial charge in [-0.1, -0.05) is 18.2 Å². The highest BCUT2D eigenvalue weighted by molar-refractivity contribution is 5.91. The zero-order chi connectivity index (χ0) is 19.5. The molecule has 0 unspecified atom stereocenters. The molecule has 0 aliphatic rings. The van der Waals surface area contributed by atoms with Gasteiger partial charge in [-0.3, -0.25) is 0 Å². The molecule has 136 valence electrons. The molecule has 4 rings (SSSR count). The Morgan fingerprint density at radius 3 is 2.64 bits per heavy atom. The first kappa shape index (κ1) is 17.5. The number of hydrogen-bond donors (Lipinski definition) is 1. The van der Waals surface area contributed by atoms with Gasteiger partial charge >= 0.3 is 0 Å². The van der Waals surface area contributed by atoms with Crippen LogP contribution in [0.25, 0.3) is 10.9 Å². The normalized spacial score (nSPS) is 10.5. The summed E-state index contributed by atoms with van der Waals surface area (Å²) >= 11 is 0. The van der Waals surface area contributed by atoms with Gasteiger partial charge < -0.3 is 10.1 Å². The third-order valence-electron chi connectivity index (χ3n) is 4.19. The van der Waals surface area contributed by atoms with E-state index in [0.29, 0.717) is 23.1 Å². The van der Waals surface area contributed by atoms with Crippen molar-refractivity contribution < 1.29 is 9.13 Å². The highest BCUT2D eigenvalue weighted by Gasteiger charge is 2.09. The Hall–Kier alpha value is -3.91. The van der Waals surface area contributed by atoms with E-state index in [1.807, 2.05) is 49.4 Å². The number of rotatable bonds is 4. The van der Waals surface area contributed by atoms with E-state index in [1.165, 1.54) is 12.1 Å². The first-order valence-electron chi connectivity index (χ1n) is 8.67. The number of para-hydroxylation sites is 1. The standard InChI is InChI=1S/C23H16FN3O/c1-3-22-26-20-10-5-4-9-19(20)23(27-22)25-17-11-12-21(15(2)13-17)28-18-8-6-7-16(24)14-18/h1,4-14H,2H3,(H,25,26,27). The molecule has 0 fully saturated rings. The van der Waals surface area contributed by atoms with Crippen LogP contribution in [-0.2, 0) is 0 Å². The van der Waals surface area contributed by atoms with Gasteiger partial charge in [0.05, 0.1) is 5.52 Å². The molecule has 0 aliphatic heterocycles. The summed E-state index contributed by atoms with van der Waals surface area (Å²) < 4.78 is 19.1. The number of fused-ring (bicyclic) bond motifs is 1. The minimum Gasteiger partial charge on any atom is -0.457 e. The zero-order valence-electron chi connectivity index (χ0n) is 15.1. The number of aromatic nitrogens is 2. The predicted octanol–water partition coefficient (Wildman–Crippen LogP) is 5.59. The number of terminal acetylenes is 1. The monoisotopic (exact) mass is 369 g/mol. The van der Waals surface area contributed by atoms with E-state index in [0.717, 1.165) is 22.2 Å². The molecule has 0 atom stereocenters. The fourth-order valence-electron chi connectivity index (χ4n) is 2.87. The van der Waals surface area contributed by atoms with Gasteiger partial charge in [0.2, 0.25) is 5.82 Å². The molecule has 4 aromatic rings. The summed E-state index contributed by atoms with van der Waals surface area (Å²) in [4.78, 5) is 8.76. The molecule has 4 nitrogen and oxygen atoms in total. The summed E-state index contributed by atoms with van der Waals surface area (Å²) in [5.74, 6) is 4.20. The summed E-state index contributed by atoms with van der Waals surface area (Å²) in [6.07, 6.45) is 5.49. The number of hydrogen-bond acceptors (Lipinski definition) is 4. The van der Waals surface area contributed by atoms with E-state index < -0.39 is 0 Å². The molecule has 0 aliphatic carbocycles. The highest BCUT2D eigenvalue weighted by atomic mass is 19.1. The highest BCUT2D eigenvalue weighted by Crippen LogP contribution is 2.30. The lowest BCUT2D eigenvalue weighted by Crippen LogP contribution is -2.00. The Morgan fingerprint density at radius 1 is 1.00 bits per heavy atom. The molecule has 1 N–H and O–H groups in total. The fraction of sp³-hybridized carbons (Fsp3) is 0.0435. The van der Waals surface area contributed by atoms with Gasteiger partial charge in [0, 0.05) is 17.1 Å². The summed E-state index contributed by atoms with van der Waals surface area (Å²) in [7, 11) is 0. The van der Waals surface area contributed by atoms with Crippen LogP contribution < -0.4 is 10.1 Å². The van der Waals surface area contributed by atoms with Crippen molar-refractivity contribution in [3.05, 3.63) is 83.9 Å². The van der Waals surface area contributed by atoms with E-state index in [2.05, 4.69) is 21.2 Å². The van der Waals surface area contributed by atoms with Gasteiger partial charge in [-0.2, -0.15) is 0 Å². The number of benzene rings is 3. The summed E-state index contributed by atoms with van der Waals surface area (Å²) in [5.41, 5.74) is 2.50. The molecule has 0 spiro atoms. The lowest BCUT2D eigenvalue weighted by molar-refractivity contribution is 0.473. The fourth-order valence-corrected chi connectivity index (χ4v) is 2.87. The van der Waals surface area contributed by atoms with Gasteiger partial charge in [-0.15, -0.1) is 6.42 Å². The minimum absolute atomic E-state index is 0.323. The predicted molar refractivity (Wildman–Crippen MR) is 108 cm³/mol. The van der Waals surface area contributed by atoms with Crippen molar-refractivity contribution in [1.29, 1.82) is 0 Å². The summed E-state index contributed by atoms with van der Waals surface area (Å²) in [6, 6.07) is 19.3. The number of aryl methyl sites for hydroxylation is 1. The maximum atomic E-state index is 13.4. The molecular formula is C23H16FN3O. The summed E-state index contributed by atoms with van der Waals surface area (Å²) in [6.45, 7) is 1.92. The Kier molecular flexibility index (Phi) is 4.61. The third-order valence-corrected chi connectivity index (χ3v) is 4.19. The maximum Gasteiger partial charge on any atom is 0.207 e. The lowest BCUT2D eigenvalue weighted by Gasteiger charge is -2.13. The van der Waals surface area contributed by atoms with E-state index >= 15 is 0 Å². The van der Waals surface area contributed by atoms with E-state index in [-0.39, 0.29) is 5.82 Å². The Labute approximate surface area is 162 Å². The molecule has 1 heterocycles. The SMILES string of the molecule is C#Cc1nc(Nc2ccc(Oc3cccc(F)c3)c(C)c2)c2ccccc2n1. The van der Waals surface area contributed by atoms with E-state index in [4.69, 9.17) is 11.2 Å². The molecule has 5 heteroatoms. The molecule has 3 aromatic carbocycles. The number of anilines is 2.